The van der Waals surface area contributed by atoms with Crippen molar-refractivity contribution >= 4 is 45.9 Å². The first kappa shape index (κ1) is 22.9. The summed E-state index contributed by atoms with van der Waals surface area (Å²) in [7, 11) is 3.98. The van der Waals surface area contributed by atoms with Crippen molar-refractivity contribution in [3.05, 3.63) is 34.3 Å². The van der Waals surface area contributed by atoms with Crippen molar-refractivity contribution in [2.45, 2.75) is 24.7 Å². The predicted octanol–water partition coefficient (Wildman–Crippen LogP) is 3.66. The van der Waals surface area contributed by atoms with Crippen LogP contribution in [0, 0.1) is 5.92 Å². The summed E-state index contributed by atoms with van der Waals surface area (Å²) in [6, 6.07) is 8.74. The fourth-order valence-corrected chi connectivity index (χ4v) is 4.23. The zero-order valence-electron chi connectivity index (χ0n) is 16.2. The van der Waals surface area contributed by atoms with E-state index in [0.717, 1.165) is 69.2 Å². The molecule has 3 rings (SSSR count). The molecule has 7 heteroatoms. The largest absolute Gasteiger partial charge is 0.381 e. The van der Waals surface area contributed by atoms with E-state index in [-0.39, 0.29) is 29.4 Å². The number of halogens is 2. The van der Waals surface area contributed by atoms with Crippen molar-refractivity contribution in [2.75, 3.05) is 53.6 Å². The zero-order valence-corrected chi connectivity index (χ0v) is 20.2. The van der Waals surface area contributed by atoms with Gasteiger partial charge in [-0.25, -0.2) is 0 Å². The molecular weight excluding hydrogens is 521 g/mol. The number of benzene rings is 1. The van der Waals surface area contributed by atoms with Gasteiger partial charge in [0, 0.05) is 62.8 Å². The highest BCUT2D eigenvalue weighted by Crippen LogP contribution is 2.35. The summed E-state index contributed by atoms with van der Waals surface area (Å²) >= 11 is 3.54. The van der Waals surface area contributed by atoms with Crippen LogP contribution >= 0.6 is 39.9 Å². The highest BCUT2D eigenvalue weighted by atomic mass is 127. The van der Waals surface area contributed by atoms with Crippen LogP contribution < -0.4 is 5.32 Å². The molecule has 5 nitrogen and oxygen atoms in total. The Hall–Kier alpha value is -0.380. The lowest BCUT2D eigenvalue weighted by Crippen LogP contribution is -2.49. The summed E-state index contributed by atoms with van der Waals surface area (Å²) in [5.74, 6) is 1.56. The first-order valence-electron chi connectivity index (χ1n) is 9.46. The minimum Gasteiger partial charge on any atom is -0.381 e. The Kier molecular flexibility index (Phi) is 9.31. The van der Waals surface area contributed by atoms with Gasteiger partial charge in [-0.1, -0.05) is 28.1 Å². The zero-order chi connectivity index (χ0) is 18.4. The van der Waals surface area contributed by atoms with Crippen LogP contribution in [0.5, 0.6) is 0 Å². The van der Waals surface area contributed by atoms with Crippen LogP contribution in [0.15, 0.2) is 33.7 Å². The van der Waals surface area contributed by atoms with E-state index in [4.69, 9.17) is 9.47 Å². The summed E-state index contributed by atoms with van der Waals surface area (Å²) in [5.41, 5.74) is 1.46. The normalized spacial score (nSPS) is 22.2. The van der Waals surface area contributed by atoms with Crippen molar-refractivity contribution in [3.63, 3.8) is 0 Å². The van der Waals surface area contributed by atoms with Crippen LogP contribution in [0.4, 0.5) is 0 Å². The minimum atomic E-state index is 0. The van der Waals surface area contributed by atoms with Gasteiger partial charge >= 0.3 is 0 Å². The molecule has 0 radical (unpaired) electrons. The Morgan fingerprint density at radius 1 is 1.22 bits per heavy atom. The highest BCUT2D eigenvalue weighted by molar-refractivity contribution is 14.0. The van der Waals surface area contributed by atoms with Crippen LogP contribution in [-0.2, 0) is 14.9 Å². The maximum Gasteiger partial charge on any atom is 0.193 e. The lowest BCUT2D eigenvalue weighted by atomic mass is 9.74. The van der Waals surface area contributed by atoms with E-state index in [0.29, 0.717) is 5.92 Å². The van der Waals surface area contributed by atoms with Crippen LogP contribution in [0.3, 0.4) is 0 Å². The van der Waals surface area contributed by atoms with E-state index in [9.17, 15) is 0 Å². The number of rotatable bonds is 5. The van der Waals surface area contributed by atoms with Gasteiger partial charge in [0.15, 0.2) is 5.96 Å². The molecular formula is C20H31BrIN3O2. The van der Waals surface area contributed by atoms with Crippen molar-refractivity contribution in [1.82, 2.24) is 10.2 Å². The third kappa shape index (κ3) is 6.05. The second kappa shape index (κ2) is 11.0. The Labute approximate surface area is 188 Å². The van der Waals surface area contributed by atoms with Gasteiger partial charge in [0.2, 0.25) is 0 Å². The second-order valence-corrected chi connectivity index (χ2v) is 8.33. The summed E-state index contributed by atoms with van der Waals surface area (Å²) in [5, 5.41) is 3.63. The van der Waals surface area contributed by atoms with Gasteiger partial charge in [0.25, 0.3) is 0 Å². The van der Waals surface area contributed by atoms with Gasteiger partial charge in [0.05, 0.1) is 6.61 Å². The third-order valence-electron chi connectivity index (χ3n) is 5.62. The maximum atomic E-state index is 5.65. The number of nitrogens with one attached hydrogen (secondary N) is 1. The number of hydrogen-bond acceptors (Lipinski definition) is 3. The Morgan fingerprint density at radius 2 is 1.93 bits per heavy atom. The summed E-state index contributed by atoms with van der Waals surface area (Å²) in [6.45, 7) is 5.22. The van der Waals surface area contributed by atoms with Crippen molar-refractivity contribution in [3.8, 4) is 0 Å². The molecule has 1 N–H and O–H groups in total. The van der Waals surface area contributed by atoms with Gasteiger partial charge < -0.3 is 19.7 Å². The van der Waals surface area contributed by atoms with Gasteiger partial charge in [-0.05, 0) is 37.0 Å². The fourth-order valence-electron chi connectivity index (χ4n) is 3.97. The maximum absolute atomic E-state index is 5.65. The molecule has 2 heterocycles. The molecule has 0 spiro atoms. The summed E-state index contributed by atoms with van der Waals surface area (Å²) in [4.78, 5) is 6.74. The highest BCUT2D eigenvalue weighted by Gasteiger charge is 2.35. The van der Waals surface area contributed by atoms with Crippen LogP contribution in [-0.4, -0.2) is 64.5 Å². The monoisotopic (exact) mass is 551 g/mol. The summed E-state index contributed by atoms with van der Waals surface area (Å²) in [6.07, 6.45) is 3.19. The lowest BCUT2D eigenvalue weighted by molar-refractivity contribution is 0.0512. The number of nitrogens with zero attached hydrogens (tertiary/aromatic N) is 2. The van der Waals surface area contributed by atoms with E-state index >= 15 is 0 Å². The number of ether oxygens (including phenoxy) is 2. The molecule has 1 aromatic rings. The molecule has 152 valence electrons. The Morgan fingerprint density at radius 3 is 2.52 bits per heavy atom. The molecule has 1 aromatic carbocycles. The molecule has 2 aliphatic rings. The Balaban J connectivity index is 0.00000261. The molecule has 2 aliphatic heterocycles. The minimum absolute atomic E-state index is 0. The second-order valence-electron chi connectivity index (χ2n) is 7.41. The summed E-state index contributed by atoms with van der Waals surface area (Å²) < 4.78 is 12.3. The van der Waals surface area contributed by atoms with E-state index in [1.165, 1.54) is 5.56 Å². The SMILES string of the molecule is CN=C(NCC1(c2ccc(Br)cc2)CCOCC1)N(C)CC1CCOC1.I. The van der Waals surface area contributed by atoms with E-state index in [2.05, 4.69) is 62.5 Å². The molecule has 0 aliphatic carbocycles. The first-order chi connectivity index (χ1) is 12.6. The number of aliphatic imine (C=N–C) groups is 1. The quantitative estimate of drug-likeness (QED) is 0.345. The molecule has 0 amide bonds. The number of guanidine groups is 1. The van der Waals surface area contributed by atoms with Crippen molar-refractivity contribution < 1.29 is 9.47 Å². The lowest BCUT2D eigenvalue weighted by Gasteiger charge is -2.39. The molecule has 2 fully saturated rings. The number of hydrogen-bond donors (Lipinski definition) is 1. The fraction of sp³-hybridized carbons (Fsp3) is 0.650. The third-order valence-corrected chi connectivity index (χ3v) is 6.15. The average Bonchev–Trinajstić information content (AvgIpc) is 3.16. The van der Waals surface area contributed by atoms with Crippen LogP contribution in [0.1, 0.15) is 24.8 Å². The molecule has 0 saturated carbocycles. The molecule has 2 saturated heterocycles. The van der Waals surface area contributed by atoms with E-state index in [1.807, 2.05) is 7.05 Å². The van der Waals surface area contributed by atoms with Crippen molar-refractivity contribution in [2.24, 2.45) is 10.9 Å². The standard InChI is InChI=1S/C20H30BrN3O2.HI/c1-22-19(24(2)13-16-7-10-26-14-16)23-15-20(8-11-25-12-9-20)17-3-5-18(21)6-4-17;/h3-6,16H,7-15H2,1-2H3,(H,22,23);1H. The van der Waals surface area contributed by atoms with Gasteiger partial charge in [-0.3, -0.25) is 4.99 Å². The molecule has 27 heavy (non-hydrogen) atoms. The van der Waals surface area contributed by atoms with Gasteiger partial charge in [-0.2, -0.15) is 0 Å². The Bertz CT molecular complexity index is 600. The van der Waals surface area contributed by atoms with Crippen LogP contribution in [0.25, 0.3) is 0 Å². The average molecular weight is 552 g/mol. The molecule has 1 atom stereocenters. The molecule has 0 bridgehead atoms. The van der Waals surface area contributed by atoms with Crippen LogP contribution in [0.2, 0.25) is 0 Å². The van der Waals surface area contributed by atoms with E-state index in [1.54, 1.807) is 0 Å². The van der Waals surface area contributed by atoms with Crippen molar-refractivity contribution in [1.29, 1.82) is 0 Å². The van der Waals surface area contributed by atoms with E-state index < -0.39 is 0 Å². The predicted molar refractivity (Wildman–Crippen MR) is 124 cm³/mol. The molecule has 1 unspecified atom stereocenters. The topological polar surface area (TPSA) is 46.1 Å². The smallest absolute Gasteiger partial charge is 0.193 e. The first-order valence-corrected chi connectivity index (χ1v) is 10.3. The molecule has 0 aromatic heterocycles. The van der Waals surface area contributed by atoms with Gasteiger partial charge in [-0.15, -0.1) is 24.0 Å². The van der Waals surface area contributed by atoms with Gasteiger partial charge in [0.1, 0.15) is 0 Å².